The summed E-state index contributed by atoms with van der Waals surface area (Å²) in [6, 6.07) is 0.203. The molecule has 0 bridgehead atoms. The van der Waals surface area contributed by atoms with Crippen LogP contribution >= 0.6 is 0 Å². The molecule has 0 saturated heterocycles. The van der Waals surface area contributed by atoms with E-state index in [0.29, 0.717) is 0 Å². The van der Waals surface area contributed by atoms with Crippen molar-refractivity contribution in [1.29, 1.82) is 0 Å². The van der Waals surface area contributed by atoms with E-state index in [1.807, 2.05) is 20.8 Å². The molecular formula is C16H29NO3. The minimum Gasteiger partial charge on any atom is -0.481 e. The number of aliphatic carboxylic acids is 1. The Kier molecular flexibility index (Phi) is 5.60. The molecule has 0 heterocycles. The second-order valence-electron chi connectivity index (χ2n) is 7.17. The van der Waals surface area contributed by atoms with Crippen LogP contribution in [0.1, 0.15) is 59.8 Å². The fourth-order valence-corrected chi connectivity index (χ4v) is 3.17. The van der Waals surface area contributed by atoms with Crippen LogP contribution in [0.5, 0.6) is 0 Å². The van der Waals surface area contributed by atoms with Gasteiger partial charge in [-0.3, -0.25) is 9.59 Å². The number of carbonyl (C=O) groups is 2. The van der Waals surface area contributed by atoms with Crippen molar-refractivity contribution in [2.75, 3.05) is 7.05 Å². The molecule has 116 valence electrons. The lowest BCUT2D eigenvalue weighted by Crippen LogP contribution is -2.48. The van der Waals surface area contributed by atoms with Gasteiger partial charge in [0, 0.05) is 13.1 Å². The van der Waals surface area contributed by atoms with Crippen LogP contribution in [0.4, 0.5) is 0 Å². The first-order valence-electron chi connectivity index (χ1n) is 7.68. The van der Waals surface area contributed by atoms with Gasteiger partial charge >= 0.3 is 5.97 Å². The van der Waals surface area contributed by atoms with Crippen molar-refractivity contribution < 1.29 is 14.7 Å². The molecule has 0 aromatic rings. The van der Waals surface area contributed by atoms with Crippen LogP contribution in [0.3, 0.4) is 0 Å². The summed E-state index contributed by atoms with van der Waals surface area (Å²) in [5, 5.41) is 9.36. The average molecular weight is 283 g/mol. The van der Waals surface area contributed by atoms with Crippen LogP contribution in [0, 0.1) is 17.3 Å². The van der Waals surface area contributed by atoms with E-state index in [1.165, 1.54) is 6.42 Å². The van der Waals surface area contributed by atoms with Crippen LogP contribution in [0.15, 0.2) is 0 Å². The molecule has 0 spiro atoms. The summed E-state index contributed by atoms with van der Waals surface area (Å²) < 4.78 is 0. The third-order valence-electron chi connectivity index (χ3n) is 4.65. The van der Waals surface area contributed by atoms with E-state index in [-0.39, 0.29) is 11.9 Å². The number of rotatable bonds is 4. The number of carbonyl (C=O) groups excluding carboxylic acids is 1. The second kappa shape index (κ2) is 6.59. The summed E-state index contributed by atoms with van der Waals surface area (Å²) in [5.74, 6) is -1.45. The van der Waals surface area contributed by atoms with Crippen molar-refractivity contribution in [2.45, 2.75) is 65.8 Å². The lowest BCUT2D eigenvalue weighted by molar-refractivity contribution is -0.156. The molecule has 1 atom stereocenters. The maximum Gasteiger partial charge on any atom is 0.316 e. The molecule has 1 N–H and O–H groups in total. The van der Waals surface area contributed by atoms with Crippen molar-refractivity contribution in [3.8, 4) is 0 Å². The highest BCUT2D eigenvalue weighted by atomic mass is 16.4. The molecule has 20 heavy (non-hydrogen) atoms. The Balaban J connectivity index is 2.73. The Hall–Kier alpha value is -1.06. The van der Waals surface area contributed by atoms with E-state index >= 15 is 0 Å². The molecular weight excluding hydrogens is 254 g/mol. The molecule has 1 amide bonds. The fraction of sp³-hybridized carbons (Fsp3) is 0.875. The van der Waals surface area contributed by atoms with Crippen LogP contribution in [0.2, 0.25) is 0 Å². The van der Waals surface area contributed by atoms with E-state index in [0.717, 1.165) is 31.6 Å². The average Bonchev–Trinajstić information content (AvgIpc) is 2.35. The first-order valence-corrected chi connectivity index (χ1v) is 7.68. The van der Waals surface area contributed by atoms with Gasteiger partial charge < -0.3 is 10.0 Å². The normalized spacial score (nSPS) is 25.1. The number of amides is 1. The molecule has 0 aromatic carbocycles. The molecule has 1 aliphatic carbocycles. The molecule has 4 heteroatoms. The van der Waals surface area contributed by atoms with Crippen molar-refractivity contribution in [3.63, 3.8) is 0 Å². The number of carboxylic acid groups (broad SMARTS) is 1. The molecule has 1 rings (SSSR count). The summed E-state index contributed by atoms with van der Waals surface area (Å²) in [4.78, 5) is 25.6. The highest BCUT2D eigenvalue weighted by Crippen LogP contribution is 2.32. The molecule has 0 radical (unpaired) electrons. The van der Waals surface area contributed by atoms with Gasteiger partial charge in [0.2, 0.25) is 5.91 Å². The van der Waals surface area contributed by atoms with Gasteiger partial charge in [0.25, 0.3) is 0 Å². The lowest BCUT2D eigenvalue weighted by atomic mass is 9.78. The molecule has 0 aromatic heterocycles. The van der Waals surface area contributed by atoms with Gasteiger partial charge in [-0.05, 0) is 37.0 Å². The van der Waals surface area contributed by atoms with E-state index in [4.69, 9.17) is 0 Å². The molecule has 0 aliphatic heterocycles. The summed E-state index contributed by atoms with van der Waals surface area (Å²) in [5.41, 5.74) is -0.558. The maximum atomic E-state index is 12.5. The van der Waals surface area contributed by atoms with Crippen LogP contribution in [0.25, 0.3) is 0 Å². The van der Waals surface area contributed by atoms with E-state index in [2.05, 4.69) is 6.92 Å². The van der Waals surface area contributed by atoms with E-state index in [9.17, 15) is 14.7 Å². The van der Waals surface area contributed by atoms with Crippen molar-refractivity contribution in [3.05, 3.63) is 0 Å². The predicted octanol–water partition coefficient (Wildman–Crippen LogP) is 3.16. The Labute approximate surface area is 122 Å². The fourth-order valence-electron chi connectivity index (χ4n) is 3.17. The number of hydrogen-bond acceptors (Lipinski definition) is 2. The van der Waals surface area contributed by atoms with Gasteiger partial charge in [0.15, 0.2) is 0 Å². The zero-order chi connectivity index (χ0) is 15.5. The second-order valence-corrected chi connectivity index (χ2v) is 7.17. The third-order valence-corrected chi connectivity index (χ3v) is 4.65. The van der Waals surface area contributed by atoms with Gasteiger partial charge in [-0.25, -0.2) is 0 Å². The zero-order valence-electron chi connectivity index (χ0n) is 13.5. The lowest BCUT2D eigenvalue weighted by Gasteiger charge is -2.37. The SMILES string of the molecule is CCC1CCC(N(C)C(=O)C(C(=O)O)C(C)(C)C)CC1. The van der Waals surface area contributed by atoms with Gasteiger partial charge in [-0.1, -0.05) is 34.1 Å². The van der Waals surface area contributed by atoms with Gasteiger partial charge in [0.05, 0.1) is 0 Å². The molecule has 1 unspecified atom stereocenters. The largest absolute Gasteiger partial charge is 0.481 e. The molecule has 1 saturated carbocycles. The summed E-state index contributed by atoms with van der Waals surface area (Å²) >= 11 is 0. The minimum absolute atomic E-state index is 0.203. The van der Waals surface area contributed by atoms with Crippen LogP contribution in [-0.2, 0) is 9.59 Å². The smallest absolute Gasteiger partial charge is 0.316 e. The Bertz CT molecular complexity index is 351. The van der Waals surface area contributed by atoms with E-state index < -0.39 is 17.3 Å². The molecule has 1 aliphatic rings. The Morgan fingerprint density at radius 2 is 1.70 bits per heavy atom. The predicted molar refractivity (Wildman–Crippen MR) is 79.4 cm³/mol. The number of nitrogens with zero attached hydrogens (tertiary/aromatic N) is 1. The van der Waals surface area contributed by atoms with Crippen molar-refractivity contribution in [1.82, 2.24) is 4.90 Å². The first-order chi connectivity index (χ1) is 9.18. The summed E-state index contributed by atoms with van der Waals surface area (Å²) in [6.45, 7) is 7.64. The summed E-state index contributed by atoms with van der Waals surface area (Å²) in [6.07, 6.45) is 5.48. The third kappa shape index (κ3) is 3.97. The topological polar surface area (TPSA) is 57.6 Å². The molecule has 4 nitrogen and oxygen atoms in total. The van der Waals surface area contributed by atoms with E-state index in [1.54, 1.807) is 11.9 Å². The van der Waals surface area contributed by atoms with Gasteiger partial charge in [0.1, 0.15) is 5.92 Å². The molecule has 1 fully saturated rings. The standard InChI is InChI=1S/C16H29NO3/c1-6-11-7-9-12(10-8-11)17(5)14(18)13(15(19)20)16(2,3)4/h11-13H,6-10H2,1-5H3,(H,19,20). The van der Waals surface area contributed by atoms with Crippen molar-refractivity contribution in [2.24, 2.45) is 17.3 Å². The monoisotopic (exact) mass is 283 g/mol. The summed E-state index contributed by atoms with van der Waals surface area (Å²) in [7, 11) is 1.76. The number of carboxylic acids is 1. The van der Waals surface area contributed by atoms with Crippen molar-refractivity contribution >= 4 is 11.9 Å². The Morgan fingerprint density at radius 3 is 2.05 bits per heavy atom. The highest BCUT2D eigenvalue weighted by molar-refractivity contribution is 5.97. The zero-order valence-corrected chi connectivity index (χ0v) is 13.5. The van der Waals surface area contributed by atoms with Gasteiger partial charge in [-0.2, -0.15) is 0 Å². The maximum absolute atomic E-state index is 12.5. The van der Waals surface area contributed by atoms with Crippen LogP contribution < -0.4 is 0 Å². The Morgan fingerprint density at radius 1 is 1.20 bits per heavy atom. The van der Waals surface area contributed by atoms with Gasteiger partial charge in [-0.15, -0.1) is 0 Å². The highest BCUT2D eigenvalue weighted by Gasteiger charge is 2.41. The first kappa shape index (κ1) is 17.0. The van der Waals surface area contributed by atoms with Crippen LogP contribution in [-0.4, -0.2) is 35.0 Å². The number of hydrogen-bond donors (Lipinski definition) is 1. The quantitative estimate of drug-likeness (QED) is 0.806. The minimum atomic E-state index is -1.02.